The van der Waals surface area contributed by atoms with Crippen molar-refractivity contribution >= 4 is 17.4 Å². The molecule has 1 aliphatic heterocycles. The highest BCUT2D eigenvalue weighted by Crippen LogP contribution is 2.38. The maximum atomic E-state index is 6.16. The molecule has 0 radical (unpaired) electrons. The minimum atomic E-state index is 0.526. The van der Waals surface area contributed by atoms with Crippen LogP contribution in [0.3, 0.4) is 0 Å². The standard InChI is InChI=1S/C12H12ClN3O2/c13-9-5-8(7-16-11(14)1-2-15-16)6-10-12(9)18-4-3-17-10/h1-2,5-6H,3-4,7,14H2. The summed E-state index contributed by atoms with van der Waals surface area (Å²) in [6, 6.07) is 5.50. The third-order valence-corrected chi connectivity index (χ3v) is 3.02. The van der Waals surface area contributed by atoms with E-state index in [1.165, 1.54) is 0 Å². The second-order valence-electron chi connectivity index (χ2n) is 4.02. The molecular formula is C12H12ClN3O2. The van der Waals surface area contributed by atoms with Gasteiger partial charge in [0.05, 0.1) is 17.8 Å². The fourth-order valence-corrected chi connectivity index (χ4v) is 2.19. The van der Waals surface area contributed by atoms with Crippen LogP contribution in [0.15, 0.2) is 24.4 Å². The Hall–Kier alpha value is -1.88. The molecule has 0 saturated carbocycles. The number of benzene rings is 1. The van der Waals surface area contributed by atoms with Crippen molar-refractivity contribution in [3.8, 4) is 11.5 Å². The van der Waals surface area contributed by atoms with Crippen LogP contribution in [0, 0.1) is 0 Å². The molecule has 1 aromatic heterocycles. The van der Waals surface area contributed by atoms with E-state index in [0.29, 0.717) is 42.1 Å². The van der Waals surface area contributed by atoms with Gasteiger partial charge in [-0.15, -0.1) is 0 Å². The van der Waals surface area contributed by atoms with Gasteiger partial charge in [-0.05, 0) is 23.8 Å². The Morgan fingerprint density at radius 1 is 1.33 bits per heavy atom. The normalized spacial score (nSPS) is 13.6. The second-order valence-corrected chi connectivity index (χ2v) is 4.42. The first-order chi connectivity index (χ1) is 8.74. The molecular weight excluding hydrogens is 254 g/mol. The Labute approximate surface area is 109 Å². The first-order valence-corrected chi connectivity index (χ1v) is 5.97. The van der Waals surface area contributed by atoms with Gasteiger partial charge in [0.25, 0.3) is 0 Å². The van der Waals surface area contributed by atoms with E-state index in [1.807, 2.05) is 12.1 Å². The number of ether oxygens (including phenoxy) is 2. The molecule has 0 spiro atoms. The van der Waals surface area contributed by atoms with Crippen LogP contribution in [0.1, 0.15) is 5.56 Å². The molecule has 0 bridgehead atoms. The van der Waals surface area contributed by atoms with Gasteiger partial charge in [0.15, 0.2) is 11.5 Å². The van der Waals surface area contributed by atoms with Crippen LogP contribution in [0.4, 0.5) is 5.82 Å². The predicted octanol–water partition coefficient (Wildman–Crippen LogP) is 1.94. The van der Waals surface area contributed by atoms with Crippen molar-refractivity contribution in [1.82, 2.24) is 9.78 Å². The maximum absolute atomic E-state index is 6.16. The first kappa shape index (κ1) is 11.2. The molecule has 0 amide bonds. The van der Waals surface area contributed by atoms with Crippen LogP contribution in [0.25, 0.3) is 0 Å². The van der Waals surface area contributed by atoms with Gasteiger partial charge >= 0.3 is 0 Å². The van der Waals surface area contributed by atoms with Crippen LogP contribution in [0.5, 0.6) is 11.5 Å². The quantitative estimate of drug-likeness (QED) is 0.901. The average molecular weight is 266 g/mol. The summed E-state index contributed by atoms with van der Waals surface area (Å²) in [4.78, 5) is 0. The molecule has 94 valence electrons. The van der Waals surface area contributed by atoms with Crippen molar-refractivity contribution in [3.63, 3.8) is 0 Å². The number of fused-ring (bicyclic) bond motifs is 1. The summed E-state index contributed by atoms with van der Waals surface area (Å²) in [5.74, 6) is 1.90. The Morgan fingerprint density at radius 3 is 2.94 bits per heavy atom. The molecule has 2 aromatic rings. The number of nitrogens with two attached hydrogens (primary N) is 1. The van der Waals surface area contributed by atoms with Gasteiger partial charge in [-0.1, -0.05) is 11.6 Å². The van der Waals surface area contributed by atoms with Gasteiger partial charge < -0.3 is 15.2 Å². The fraction of sp³-hybridized carbons (Fsp3) is 0.250. The van der Waals surface area contributed by atoms with Crippen LogP contribution in [0.2, 0.25) is 5.02 Å². The van der Waals surface area contributed by atoms with Gasteiger partial charge in [0, 0.05) is 0 Å². The molecule has 6 heteroatoms. The molecule has 5 nitrogen and oxygen atoms in total. The molecule has 3 rings (SSSR count). The van der Waals surface area contributed by atoms with E-state index in [0.717, 1.165) is 5.56 Å². The third-order valence-electron chi connectivity index (χ3n) is 2.74. The number of rotatable bonds is 2. The van der Waals surface area contributed by atoms with Gasteiger partial charge in [-0.2, -0.15) is 5.10 Å². The van der Waals surface area contributed by atoms with Crippen molar-refractivity contribution in [2.45, 2.75) is 6.54 Å². The number of hydrogen-bond acceptors (Lipinski definition) is 4. The zero-order valence-electron chi connectivity index (χ0n) is 9.60. The van der Waals surface area contributed by atoms with Crippen molar-refractivity contribution in [1.29, 1.82) is 0 Å². The van der Waals surface area contributed by atoms with Gasteiger partial charge in [0.1, 0.15) is 19.0 Å². The van der Waals surface area contributed by atoms with Crippen LogP contribution >= 0.6 is 11.6 Å². The smallest absolute Gasteiger partial charge is 0.179 e. The lowest BCUT2D eigenvalue weighted by atomic mass is 10.2. The summed E-state index contributed by atoms with van der Waals surface area (Å²) < 4.78 is 12.7. The van der Waals surface area contributed by atoms with Gasteiger partial charge in [-0.25, -0.2) is 4.68 Å². The summed E-state index contributed by atoms with van der Waals surface area (Å²) in [5, 5.41) is 4.68. The SMILES string of the molecule is Nc1ccnn1Cc1cc(Cl)c2c(c1)OCCO2. The van der Waals surface area contributed by atoms with Crippen molar-refractivity contribution in [3.05, 3.63) is 35.0 Å². The topological polar surface area (TPSA) is 62.3 Å². The minimum absolute atomic E-state index is 0.526. The van der Waals surface area contributed by atoms with Gasteiger partial charge in [-0.3, -0.25) is 0 Å². The summed E-state index contributed by atoms with van der Waals surface area (Å²) in [7, 11) is 0. The molecule has 0 unspecified atom stereocenters. The van der Waals surface area contributed by atoms with Crippen LogP contribution in [-0.4, -0.2) is 23.0 Å². The maximum Gasteiger partial charge on any atom is 0.179 e. The van der Waals surface area contributed by atoms with E-state index in [2.05, 4.69) is 5.10 Å². The molecule has 18 heavy (non-hydrogen) atoms. The Bertz CT molecular complexity index is 583. The lowest BCUT2D eigenvalue weighted by Crippen LogP contribution is -2.16. The molecule has 0 atom stereocenters. The molecule has 1 aromatic carbocycles. The lowest BCUT2D eigenvalue weighted by molar-refractivity contribution is 0.171. The molecule has 0 fully saturated rings. The molecule has 0 aliphatic carbocycles. The fourth-order valence-electron chi connectivity index (χ4n) is 1.90. The summed E-state index contributed by atoms with van der Waals surface area (Å²) in [6.45, 7) is 1.62. The lowest BCUT2D eigenvalue weighted by Gasteiger charge is -2.20. The molecule has 2 N–H and O–H groups in total. The molecule has 1 aliphatic rings. The summed E-state index contributed by atoms with van der Waals surface area (Å²) >= 11 is 6.16. The van der Waals surface area contributed by atoms with Crippen molar-refractivity contribution in [2.24, 2.45) is 0 Å². The number of nitrogen functional groups attached to an aromatic ring is 1. The van der Waals surface area contributed by atoms with Crippen molar-refractivity contribution in [2.75, 3.05) is 18.9 Å². The first-order valence-electron chi connectivity index (χ1n) is 5.59. The van der Waals surface area contributed by atoms with Crippen molar-refractivity contribution < 1.29 is 9.47 Å². The van der Waals surface area contributed by atoms with E-state index in [1.54, 1.807) is 16.9 Å². The highest BCUT2D eigenvalue weighted by atomic mass is 35.5. The highest BCUT2D eigenvalue weighted by Gasteiger charge is 2.16. The monoisotopic (exact) mass is 265 g/mol. The van der Waals surface area contributed by atoms with E-state index in [4.69, 9.17) is 26.8 Å². The Balaban J connectivity index is 1.94. The van der Waals surface area contributed by atoms with E-state index in [9.17, 15) is 0 Å². The largest absolute Gasteiger partial charge is 0.486 e. The Morgan fingerprint density at radius 2 is 2.17 bits per heavy atom. The minimum Gasteiger partial charge on any atom is -0.486 e. The van der Waals surface area contributed by atoms with Gasteiger partial charge in [0.2, 0.25) is 0 Å². The van der Waals surface area contributed by atoms with Crippen LogP contribution in [-0.2, 0) is 6.54 Å². The zero-order valence-corrected chi connectivity index (χ0v) is 10.4. The number of halogens is 1. The number of anilines is 1. The average Bonchev–Trinajstić information content (AvgIpc) is 2.75. The van der Waals surface area contributed by atoms with E-state index in [-0.39, 0.29) is 0 Å². The van der Waals surface area contributed by atoms with Crippen LogP contribution < -0.4 is 15.2 Å². The predicted molar refractivity (Wildman–Crippen MR) is 68.2 cm³/mol. The number of nitrogens with zero attached hydrogens (tertiary/aromatic N) is 2. The van der Waals surface area contributed by atoms with E-state index < -0.39 is 0 Å². The Kier molecular flexibility index (Phi) is 2.76. The second kappa shape index (κ2) is 4.42. The zero-order chi connectivity index (χ0) is 12.5. The number of hydrogen-bond donors (Lipinski definition) is 1. The highest BCUT2D eigenvalue weighted by molar-refractivity contribution is 6.32. The molecule has 0 saturated heterocycles. The summed E-state index contributed by atoms with van der Waals surface area (Å²) in [5.41, 5.74) is 6.75. The molecule has 2 heterocycles. The number of aromatic nitrogens is 2. The van der Waals surface area contributed by atoms with E-state index >= 15 is 0 Å². The third kappa shape index (κ3) is 1.97. The summed E-state index contributed by atoms with van der Waals surface area (Å²) in [6.07, 6.45) is 1.66.